The molecule has 1 aromatic carbocycles. The number of ether oxygens (including phenoxy) is 2. The van der Waals surface area contributed by atoms with Crippen molar-refractivity contribution in [2.24, 2.45) is 0 Å². The van der Waals surface area contributed by atoms with E-state index in [0.29, 0.717) is 17.9 Å². The fourth-order valence-electron chi connectivity index (χ4n) is 3.29. The predicted octanol–water partition coefficient (Wildman–Crippen LogP) is 3.88. The van der Waals surface area contributed by atoms with E-state index in [-0.39, 0.29) is 11.4 Å². The first-order chi connectivity index (χ1) is 15.8. The van der Waals surface area contributed by atoms with Gasteiger partial charge in [-0.25, -0.2) is 4.79 Å². The molecule has 0 aliphatic carbocycles. The largest absolute Gasteiger partial charge is 0.494 e. The summed E-state index contributed by atoms with van der Waals surface area (Å²) in [5.74, 6) is 0.0321. The van der Waals surface area contributed by atoms with Crippen LogP contribution in [0.1, 0.15) is 29.6 Å². The van der Waals surface area contributed by atoms with Crippen molar-refractivity contribution >= 4 is 23.8 Å². The minimum absolute atomic E-state index is 0.214. The lowest BCUT2D eigenvalue weighted by atomic mass is 10.1. The summed E-state index contributed by atoms with van der Waals surface area (Å²) in [7, 11) is 0. The number of carbonyl (C=O) groups excluding carboxylic acids is 2. The lowest BCUT2D eigenvalue weighted by Crippen LogP contribution is -2.21. The van der Waals surface area contributed by atoms with Crippen LogP contribution in [0.5, 0.6) is 5.75 Å². The quantitative estimate of drug-likeness (QED) is 0.315. The first-order valence-corrected chi connectivity index (χ1v) is 10.3. The van der Waals surface area contributed by atoms with E-state index in [2.05, 4.69) is 10.5 Å². The van der Waals surface area contributed by atoms with Gasteiger partial charge in [0, 0.05) is 23.1 Å². The Hall–Kier alpha value is -4.32. The number of amides is 1. The van der Waals surface area contributed by atoms with E-state index in [1.54, 1.807) is 6.92 Å². The summed E-state index contributed by atoms with van der Waals surface area (Å²) in [4.78, 5) is 24.3. The van der Waals surface area contributed by atoms with Gasteiger partial charge in [-0.15, -0.1) is 0 Å². The Morgan fingerprint density at radius 1 is 1.21 bits per heavy atom. The fourth-order valence-corrected chi connectivity index (χ4v) is 3.29. The number of nitrogens with one attached hydrogen (secondary N) is 1. The lowest BCUT2D eigenvalue weighted by molar-refractivity contribution is -0.142. The number of rotatable bonds is 8. The Morgan fingerprint density at radius 2 is 1.94 bits per heavy atom. The van der Waals surface area contributed by atoms with E-state index in [9.17, 15) is 14.9 Å². The summed E-state index contributed by atoms with van der Waals surface area (Å²) in [6.07, 6.45) is 1.45. The van der Waals surface area contributed by atoms with Crippen molar-refractivity contribution in [3.63, 3.8) is 0 Å². The third kappa shape index (κ3) is 5.68. The molecule has 0 unspecified atom stereocenters. The van der Waals surface area contributed by atoms with E-state index in [4.69, 9.17) is 14.0 Å². The number of nitrogens with zero attached hydrogens (tertiary/aromatic N) is 3. The zero-order valence-electron chi connectivity index (χ0n) is 18.8. The van der Waals surface area contributed by atoms with Gasteiger partial charge in [0.15, 0.2) is 12.4 Å². The Balaban J connectivity index is 1.72. The van der Waals surface area contributed by atoms with Gasteiger partial charge >= 0.3 is 5.97 Å². The molecule has 0 aliphatic heterocycles. The number of esters is 1. The number of aromatic nitrogens is 2. The molecule has 1 N–H and O–H groups in total. The zero-order valence-corrected chi connectivity index (χ0v) is 18.8. The van der Waals surface area contributed by atoms with Crippen LogP contribution in [-0.4, -0.2) is 34.8 Å². The van der Waals surface area contributed by atoms with Crippen LogP contribution < -0.4 is 10.1 Å². The third-order valence-electron chi connectivity index (χ3n) is 4.75. The topological polar surface area (TPSA) is 119 Å². The number of hydrogen-bond donors (Lipinski definition) is 1. The van der Waals surface area contributed by atoms with Crippen LogP contribution in [0, 0.1) is 32.1 Å². The van der Waals surface area contributed by atoms with Gasteiger partial charge in [-0.2, -0.15) is 5.26 Å². The molecule has 3 aromatic rings. The van der Waals surface area contributed by atoms with Crippen LogP contribution in [0.4, 0.5) is 5.82 Å². The predicted molar refractivity (Wildman–Crippen MR) is 121 cm³/mol. The van der Waals surface area contributed by atoms with Crippen molar-refractivity contribution in [1.82, 2.24) is 9.72 Å². The Bertz CT molecular complexity index is 1230. The van der Waals surface area contributed by atoms with Crippen molar-refractivity contribution in [1.29, 1.82) is 5.26 Å². The molecule has 0 saturated heterocycles. The van der Waals surface area contributed by atoms with Crippen molar-refractivity contribution in [2.75, 3.05) is 18.5 Å². The van der Waals surface area contributed by atoms with E-state index in [1.165, 1.54) is 12.1 Å². The van der Waals surface area contributed by atoms with Crippen molar-refractivity contribution in [3.05, 3.63) is 64.7 Å². The van der Waals surface area contributed by atoms with E-state index in [1.807, 2.05) is 61.7 Å². The maximum atomic E-state index is 12.4. The molecule has 3 rings (SSSR count). The standard InChI is InChI=1S/C24H24N4O5/c1-5-31-21-8-6-20(7-9-21)28-15(2)10-18(17(28)4)12-19(13-25)24(30)32-14-23(29)26-22-11-16(3)33-27-22/h6-12H,5,14H2,1-4H3,(H,26,27,29)/b19-12+. The third-order valence-corrected chi connectivity index (χ3v) is 4.75. The first-order valence-electron chi connectivity index (χ1n) is 10.3. The summed E-state index contributed by atoms with van der Waals surface area (Å²) in [5.41, 5.74) is 3.17. The minimum Gasteiger partial charge on any atom is -0.494 e. The van der Waals surface area contributed by atoms with E-state index >= 15 is 0 Å². The highest BCUT2D eigenvalue weighted by atomic mass is 16.5. The number of hydrogen-bond acceptors (Lipinski definition) is 7. The number of nitriles is 1. The van der Waals surface area contributed by atoms with Crippen LogP contribution in [0.25, 0.3) is 11.8 Å². The maximum Gasteiger partial charge on any atom is 0.349 e. The molecule has 0 bridgehead atoms. The molecular formula is C24H24N4O5. The van der Waals surface area contributed by atoms with Crippen molar-refractivity contribution in [2.45, 2.75) is 27.7 Å². The lowest BCUT2D eigenvalue weighted by Gasteiger charge is -2.11. The average Bonchev–Trinajstić information content (AvgIpc) is 3.32. The molecular weight excluding hydrogens is 424 g/mol. The average molecular weight is 448 g/mol. The number of carbonyl (C=O) groups is 2. The number of aryl methyl sites for hydroxylation is 2. The molecule has 33 heavy (non-hydrogen) atoms. The van der Waals surface area contributed by atoms with Crippen molar-refractivity contribution < 1.29 is 23.6 Å². The minimum atomic E-state index is -0.894. The van der Waals surface area contributed by atoms with Gasteiger partial charge in [-0.05, 0) is 69.7 Å². The molecule has 0 radical (unpaired) electrons. The van der Waals surface area contributed by atoms with Gasteiger partial charge in [0.25, 0.3) is 5.91 Å². The van der Waals surface area contributed by atoms with E-state index in [0.717, 1.165) is 22.8 Å². The Kier molecular flexibility index (Phi) is 7.31. The molecule has 0 atom stereocenters. The molecule has 2 aromatic heterocycles. The van der Waals surface area contributed by atoms with Crippen LogP contribution in [-0.2, 0) is 14.3 Å². The van der Waals surface area contributed by atoms with Gasteiger partial charge in [0.1, 0.15) is 23.2 Å². The molecule has 0 saturated carbocycles. The maximum absolute atomic E-state index is 12.4. The van der Waals surface area contributed by atoms with Gasteiger partial charge < -0.3 is 23.9 Å². The van der Waals surface area contributed by atoms with Crippen LogP contribution in [0.15, 0.2) is 46.5 Å². The molecule has 170 valence electrons. The molecule has 0 aliphatic rings. The smallest absolute Gasteiger partial charge is 0.349 e. The SMILES string of the molecule is CCOc1ccc(-n2c(C)cc(/C=C(\C#N)C(=O)OCC(=O)Nc3cc(C)on3)c2C)cc1. The summed E-state index contributed by atoms with van der Waals surface area (Å²) in [6, 6.07) is 12.9. The van der Waals surface area contributed by atoms with Crippen LogP contribution in [0.2, 0.25) is 0 Å². The summed E-state index contributed by atoms with van der Waals surface area (Å²) < 4.78 is 17.3. The van der Waals surface area contributed by atoms with Gasteiger partial charge in [-0.1, -0.05) is 5.16 Å². The zero-order chi connectivity index (χ0) is 24.0. The van der Waals surface area contributed by atoms with Crippen LogP contribution in [0.3, 0.4) is 0 Å². The fraction of sp³-hybridized carbons (Fsp3) is 0.250. The monoisotopic (exact) mass is 448 g/mol. The van der Waals surface area contributed by atoms with Gasteiger partial charge in [-0.3, -0.25) is 4.79 Å². The molecule has 9 heteroatoms. The molecule has 0 spiro atoms. The van der Waals surface area contributed by atoms with Crippen molar-refractivity contribution in [3.8, 4) is 17.5 Å². The number of benzene rings is 1. The van der Waals surface area contributed by atoms with Gasteiger partial charge in [0.05, 0.1) is 6.61 Å². The van der Waals surface area contributed by atoms with Gasteiger partial charge in [0.2, 0.25) is 0 Å². The Morgan fingerprint density at radius 3 is 2.55 bits per heavy atom. The normalized spacial score (nSPS) is 11.1. The molecule has 0 fully saturated rings. The van der Waals surface area contributed by atoms with Crippen LogP contribution >= 0.6 is 0 Å². The van der Waals surface area contributed by atoms with E-state index < -0.39 is 18.5 Å². The molecule has 9 nitrogen and oxygen atoms in total. The highest BCUT2D eigenvalue weighted by molar-refractivity contribution is 6.00. The summed E-state index contributed by atoms with van der Waals surface area (Å²) in [6.45, 7) is 7.46. The summed E-state index contributed by atoms with van der Waals surface area (Å²) in [5, 5.41) is 15.5. The summed E-state index contributed by atoms with van der Waals surface area (Å²) >= 11 is 0. The number of anilines is 1. The highest BCUT2D eigenvalue weighted by Gasteiger charge is 2.17. The second-order valence-corrected chi connectivity index (χ2v) is 7.21. The first kappa shape index (κ1) is 23.3. The second-order valence-electron chi connectivity index (χ2n) is 7.21. The highest BCUT2D eigenvalue weighted by Crippen LogP contribution is 2.24. The second kappa shape index (κ2) is 10.3. The Labute approximate surface area is 191 Å². The molecule has 1 amide bonds. The molecule has 2 heterocycles.